The van der Waals surface area contributed by atoms with Crippen LogP contribution in [-0.2, 0) is 10.0 Å². The van der Waals surface area contributed by atoms with Gasteiger partial charge in [-0.2, -0.15) is 0 Å². The molecule has 0 aliphatic carbocycles. The highest BCUT2D eigenvalue weighted by Gasteiger charge is 2.19. The van der Waals surface area contributed by atoms with Gasteiger partial charge in [-0.3, -0.25) is 0 Å². The van der Waals surface area contributed by atoms with Gasteiger partial charge in [0.1, 0.15) is 0 Å². The van der Waals surface area contributed by atoms with Crippen molar-refractivity contribution in [1.29, 1.82) is 0 Å². The Kier molecular flexibility index (Phi) is 8.62. The topological polar surface area (TPSA) is 46.2 Å². The van der Waals surface area contributed by atoms with Crippen molar-refractivity contribution in [2.45, 2.75) is 76.2 Å². The molecule has 21 heavy (non-hydrogen) atoms. The first kappa shape index (κ1) is 18.2. The lowest BCUT2D eigenvalue weighted by molar-refractivity contribution is 0.463. The van der Waals surface area contributed by atoms with Gasteiger partial charge < -0.3 is 0 Å². The summed E-state index contributed by atoms with van der Waals surface area (Å²) >= 11 is 0. The number of unbranched alkanes of at least 4 members (excludes halogenated alkanes) is 4. The van der Waals surface area contributed by atoms with Crippen LogP contribution in [0.4, 0.5) is 0 Å². The van der Waals surface area contributed by atoms with Crippen LogP contribution >= 0.6 is 0 Å². The monoisotopic (exact) mass is 311 g/mol. The van der Waals surface area contributed by atoms with E-state index >= 15 is 0 Å². The van der Waals surface area contributed by atoms with Crippen molar-refractivity contribution in [2.24, 2.45) is 0 Å². The van der Waals surface area contributed by atoms with E-state index in [1.165, 1.54) is 0 Å². The van der Waals surface area contributed by atoms with Gasteiger partial charge in [-0.05, 0) is 25.0 Å². The number of hydrogen-bond acceptors (Lipinski definition) is 2. The van der Waals surface area contributed by atoms with Crippen LogP contribution in [0.1, 0.15) is 65.2 Å². The molecule has 0 aromatic heterocycles. The molecule has 0 atom stereocenters. The maximum absolute atomic E-state index is 12.4. The van der Waals surface area contributed by atoms with Gasteiger partial charge >= 0.3 is 0 Å². The van der Waals surface area contributed by atoms with Crippen LogP contribution in [0.25, 0.3) is 0 Å². The summed E-state index contributed by atoms with van der Waals surface area (Å²) in [6, 6.07) is 8.72. The zero-order valence-electron chi connectivity index (χ0n) is 13.3. The Balaban J connectivity index is 2.64. The Morgan fingerprint density at radius 3 is 1.90 bits per heavy atom. The summed E-state index contributed by atoms with van der Waals surface area (Å²) in [5.41, 5.74) is 0. The van der Waals surface area contributed by atoms with Crippen LogP contribution < -0.4 is 4.72 Å². The van der Waals surface area contributed by atoms with Gasteiger partial charge in [0, 0.05) is 6.04 Å². The molecule has 1 rings (SSSR count). The van der Waals surface area contributed by atoms with Crippen molar-refractivity contribution >= 4 is 10.0 Å². The summed E-state index contributed by atoms with van der Waals surface area (Å²) < 4.78 is 27.7. The van der Waals surface area contributed by atoms with Crippen molar-refractivity contribution in [1.82, 2.24) is 4.72 Å². The summed E-state index contributed by atoms with van der Waals surface area (Å²) in [7, 11) is -3.38. The quantitative estimate of drug-likeness (QED) is 0.612. The predicted octanol–water partition coefficient (Wildman–Crippen LogP) is 4.49. The van der Waals surface area contributed by atoms with Crippen molar-refractivity contribution < 1.29 is 8.42 Å². The molecule has 0 saturated heterocycles. The second kappa shape index (κ2) is 9.96. The van der Waals surface area contributed by atoms with Gasteiger partial charge in [0.2, 0.25) is 10.0 Å². The summed E-state index contributed by atoms with van der Waals surface area (Å²) in [6.07, 6.45) is 8.69. The van der Waals surface area contributed by atoms with E-state index in [1.54, 1.807) is 24.3 Å². The van der Waals surface area contributed by atoms with E-state index in [0.717, 1.165) is 51.4 Å². The van der Waals surface area contributed by atoms with Crippen LogP contribution in [0.5, 0.6) is 0 Å². The minimum absolute atomic E-state index is 0.0632. The number of nitrogens with one attached hydrogen (secondary N) is 1. The molecule has 0 aliphatic heterocycles. The van der Waals surface area contributed by atoms with E-state index in [-0.39, 0.29) is 6.04 Å². The van der Waals surface area contributed by atoms with E-state index in [2.05, 4.69) is 18.6 Å². The molecule has 1 aromatic rings. The van der Waals surface area contributed by atoms with Crippen molar-refractivity contribution in [3.8, 4) is 0 Å². The smallest absolute Gasteiger partial charge is 0.208 e. The zero-order chi connectivity index (χ0) is 15.6. The van der Waals surface area contributed by atoms with Crippen LogP contribution in [0, 0.1) is 0 Å². The average Bonchev–Trinajstić information content (AvgIpc) is 2.48. The molecule has 0 unspecified atom stereocenters. The molecule has 120 valence electrons. The van der Waals surface area contributed by atoms with Crippen LogP contribution in [0.2, 0.25) is 0 Å². The minimum atomic E-state index is -3.38. The van der Waals surface area contributed by atoms with Gasteiger partial charge in [-0.25, -0.2) is 13.1 Å². The van der Waals surface area contributed by atoms with Gasteiger partial charge in [-0.1, -0.05) is 70.6 Å². The molecule has 0 saturated carbocycles. The molecule has 4 heteroatoms. The fourth-order valence-electron chi connectivity index (χ4n) is 2.43. The fourth-order valence-corrected chi connectivity index (χ4v) is 3.76. The van der Waals surface area contributed by atoms with Gasteiger partial charge in [0.15, 0.2) is 0 Å². The lowest BCUT2D eigenvalue weighted by Gasteiger charge is -2.18. The largest absolute Gasteiger partial charge is 0.240 e. The maximum atomic E-state index is 12.4. The molecule has 0 heterocycles. The van der Waals surface area contributed by atoms with Crippen molar-refractivity contribution in [2.75, 3.05) is 0 Å². The van der Waals surface area contributed by atoms with Gasteiger partial charge in [0.25, 0.3) is 0 Å². The van der Waals surface area contributed by atoms with Crippen molar-refractivity contribution in [3.63, 3.8) is 0 Å². The number of sulfonamides is 1. The number of rotatable bonds is 11. The molecule has 0 radical (unpaired) electrons. The highest BCUT2D eigenvalue weighted by Crippen LogP contribution is 2.15. The van der Waals surface area contributed by atoms with E-state index in [4.69, 9.17) is 0 Å². The summed E-state index contributed by atoms with van der Waals surface area (Å²) in [6.45, 7) is 4.33. The third-order valence-corrected chi connectivity index (χ3v) is 5.22. The van der Waals surface area contributed by atoms with Crippen LogP contribution in [0.15, 0.2) is 35.2 Å². The van der Waals surface area contributed by atoms with Crippen LogP contribution in [0.3, 0.4) is 0 Å². The Bertz CT molecular complexity index is 461. The third-order valence-electron chi connectivity index (χ3n) is 3.69. The lowest BCUT2D eigenvalue weighted by Crippen LogP contribution is -2.34. The molecule has 1 N–H and O–H groups in total. The molecule has 0 fully saturated rings. The second-order valence-corrected chi connectivity index (χ2v) is 7.34. The van der Waals surface area contributed by atoms with E-state index in [0.29, 0.717) is 4.90 Å². The van der Waals surface area contributed by atoms with Gasteiger partial charge in [0.05, 0.1) is 4.90 Å². The first-order valence-corrected chi connectivity index (χ1v) is 9.65. The zero-order valence-corrected chi connectivity index (χ0v) is 14.2. The highest BCUT2D eigenvalue weighted by molar-refractivity contribution is 7.89. The SMILES string of the molecule is CCCCCC(CCCCC)NS(=O)(=O)c1ccccc1. The highest BCUT2D eigenvalue weighted by atomic mass is 32.2. The Labute approximate surface area is 130 Å². The molecule has 3 nitrogen and oxygen atoms in total. The first-order chi connectivity index (χ1) is 10.1. The summed E-state index contributed by atoms with van der Waals surface area (Å²) in [5.74, 6) is 0. The standard InChI is InChI=1S/C17H29NO2S/c1-3-5-8-12-16(13-9-6-4-2)18-21(19,20)17-14-10-7-11-15-17/h7,10-11,14-16,18H,3-6,8-9,12-13H2,1-2H3. The first-order valence-electron chi connectivity index (χ1n) is 8.17. The van der Waals surface area contributed by atoms with E-state index in [1.807, 2.05) is 6.07 Å². The Morgan fingerprint density at radius 1 is 0.905 bits per heavy atom. The number of hydrogen-bond donors (Lipinski definition) is 1. The molecular formula is C17H29NO2S. The normalized spacial score (nSPS) is 12.0. The second-order valence-electron chi connectivity index (χ2n) is 5.62. The minimum Gasteiger partial charge on any atom is -0.208 e. The molecular weight excluding hydrogens is 282 g/mol. The maximum Gasteiger partial charge on any atom is 0.240 e. The fraction of sp³-hybridized carbons (Fsp3) is 0.647. The number of benzene rings is 1. The summed E-state index contributed by atoms with van der Waals surface area (Å²) in [4.78, 5) is 0.362. The molecule has 0 aliphatic rings. The van der Waals surface area contributed by atoms with Gasteiger partial charge in [-0.15, -0.1) is 0 Å². The lowest BCUT2D eigenvalue weighted by atomic mass is 10.0. The molecule has 0 amide bonds. The summed E-state index contributed by atoms with van der Waals surface area (Å²) in [5, 5.41) is 0. The Hall–Kier alpha value is -0.870. The molecule has 0 bridgehead atoms. The molecule has 0 spiro atoms. The molecule has 1 aromatic carbocycles. The van der Waals surface area contributed by atoms with Crippen LogP contribution in [-0.4, -0.2) is 14.5 Å². The van der Waals surface area contributed by atoms with E-state index in [9.17, 15) is 8.42 Å². The van der Waals surface area contributed by atoms with E-state index < -0.39 is 10.0 Å². The third kappa shape index (κ3) is 7.09. The Morgan fingerprint density at radius 2 is 1.43 bits per heavy atom. The average molecular weight is 311 g/mol. The predicted molar refractivity (Wildman–Crippen MR) is 88.8 cm³/mol. The van der Waals surface area contributed by atoms with Crippen molar-refractivity contribution in [3.05, 3.63) is 30.3 Å².